The molecule has 1 aromatic heterocycles. The van der Waals surface area contributed by atoms with Crippen LogP contribution in [0, 0.1) is 12.8 Å². The fourth-order valence-corrected chi connectivity index (χ4v) is 6.47. The second-order valence-electron chi connectivity index (χ2n) is 10.2. The van der Waals surface area contributed by atoms with Crippen LogP contribution in [0.25, 0.3) is 11.0 Å². The zero-order chi connectivity index (χ0) is 28.3. The van der Waals surface area contributed by atoms with Crippen molar-refractivity contribution in [3.63, 3.8) is 0 Å². The molecule has 2 aromatic carbocycles. The number of Topliss-reactive ketones (excluding diaryl/α,β-unsaturated/α-hetero) is 1. The smallest absolute Gasteiger partial charge is 0.287 e. The van der Waals surface area contributed by atoms with E-state index >= 15 is 0 Å². The summed E-state index contributed by atoms with van der Waals surface area (Å²) in [6.07, 6.45) is 0.986. The van der Waals surface area contributed by atoms with Crippen LogP contribution in [0.3, 0.4) is 0 Å². The lowest BCUT2D eigenvalue weighted by Gasteiger charge is -2.23. The number of benzene rings is 2. The third kappa shape index (κ3) is 6.51. The van der Waals surface area contributed by atoms with Gasteiger partial charge in [0.15, 0.2) is 11.5 Å². The average molecular weight is 574 g/mol. The molecule has 1 fully saturated rings. The Morgan fingerprint density at radius 3 is 2.59 bits per heavy atom. The Morgan fingerprint density at radius 1 is 1.15 bits per heavy atom. The molecule has 2 N–H and O–H groups in total. The summed E-state index contributed by atoms with van der Waals surface area (Å²) in [7, 11) is -3.94. The standard InChI is InChI=1S/C28H32ClN3O6S/c1-17(2)14-23(31-28(35)26-18(3)21-10-4-5-12-25(21)38-26)27(34)30-22-11-7-13-32(16-24(22)33)39(36,37)20-9-6-8-19(29)15-20/h4-6,8-10,12,15,17,22-23H,7,11,13-14,16H2,1-3H3,(H,30,34)(H,31,35)/t22-,23-/m0/s1. The van der Waals surface area contributed by atoms with Crippen LogP contribution in [-0.2, 0) is 19.6 Å². The van der Waals surface area contributed by atoms with Crippen LogP contribution in [0.15, 0.2) is 57.8 Å². The minimum atomic E-state index is -3.94. The van der Waals surface area contributed by atoms with Gasteiger partial charge in [0.1, 0.15) is 11.6 Å². The molecule has 1 aliphatic rings. The highest BCUT2D eigenvalue weighted by molar-refractivity contribution is 7.89. The molecular formula is C28H32ClN3O6S. The first-order valence-electron chi connectivity index (χ1n) is 12.8. The summed E-state index contributed by atoms with van der Waals surface area (Å²) < 4.78 is 33.1. The molecule has 2 atom stereocenters. The normalized spacial score (nSPS) is 17.7. The number of fused-ring (bicyclic) bond motifs is 1. The molecule has 9 nitrogen and oxygen atoms in total. The maximum Gasteiger partial charge on any atom is 0.287 e. The zero-order valence-corrected chi connectivity index (χ0v) is 23.6. The summed E-state index contributed by atoms with van der Waals surface area (Å²) in [4.78, 5) is 39.5. The molecule has 2 heterocycles. The maximum absolute atomic E-state index is 13.3. The van der Waals surface area contributed by atoms with Gasteiger partial charge in [-0.1, -0.05) is 49.7 Å². The third-order valence-corrected chi connectivity index (χ3v) is 8.83. The number of furan rings is 1. The first-order valence-corrected chi connectivity index (χ1v) is 14.7. The van der Waals surface area contributed by atoms with E-state index in [1.807, 2.05) is 32.0 Å². The lowest BCUT2D eigenvalue weighted by Crippen LogP contribution is -2.52. The van der Waals surface area contributed by atoms with Crippen LogP contribution in [0.4, 0.5) is 0 Å². The number of rotatable bonds is 8. The molecule has 1 saturated heterocycles. The van der Waals surface area contributed by atoms with Crippen molar-refractivity contribution in [2.24, 2.45) is 5.92 Å². The van der Waals surface area contributed by atoms with Gasteiger partial charge in [-0.3, -0.25) is 14.4 Å². The van der Waals surface area contributed by atoms with Crippen LogP contribution in [0.1, 0.15) is 49.2 Å². The monoisotopic (exact) mass is 573 g/mol. The van der Waals surface area contributed by atoms with E-state index in [0.717, 1.165) is 9.69 Å². The first kappa shape index (κ1) is 28.8. The van der Waals surface area contributed by atoms with Crippen molar-refractivity contribution < 1.29 is 27.2 Å². The Hall–Kier alpha value is -3.21. The van der Waals surface area contributed by atoms with Crippen molar-refractivity contribution in [1.29, 1.82) is 0 Å². The van der Waals surface area contributed by atoms with Gasteiger partial charge in [-0.05, 0) is 56.4 Å². The quantitative estimate of drug-likeness (QED) is 0.418. The Balaban J connectivity index is 1.46. The highest BCUT2D eigenvalue weighted by Crippen LogP contribution is 2.25. The van der Waals surface area contributed by atoms with Crippen LogP contribution < -0.4 is 10.6 Å². The van der Waals surface area contributed by atoms with Gasteiger partial charge in [-0.25, -0.2) is 8.42 Å². The molecule has 0 unspecified atom stereocenters. The number of carbonyl (C=O) groups is 3. The van der Waals surface area contributed by atoms with E-state index < -0.39 is 39.7 Å². The predicted molar refractivity (Wildman–Crippen MR) is 148 cm³/mol. The lowest BCUT2D eigenvalue weighted by molar-refractivity contribution is -0.129. The van der Waals surface area contributed by atoms with Gasteiger partial charge in [0.25, 0.3) is 5.91 Å². The van der Waals surface area contributed by atoms with Crippen molar-refractivity contribution in [1.82, 2.24) is 14.9 Å². The van der Waals surface area contributed by atoms with Crippen LogP contribution in [-0.4, -0.2) is 55.5 Å². The summed E-state index contributed by atoms with van der Waals surface area (Å²) in [6, 6.07) is 11.4. The number of amides is 2. The van der Waals surface area contributed by atoms with Crippen LogP contribution >= 0.6 is 11.6 Å². The lowest BCUT2D eigenvalue weighted by atomic mass is 10.0. The summed E-state index contributed by atoms with van der Waals surface area (Å²) in [5, 5.41) is 6.62. The molecule has 0 saturated carbocycles. The molecule has 0 bridgehead atoms. The number of halogens is 1. The molecule has 39 heavy (non-hydrogen) atoms. The number of aryl methyl sites for hydroxylation is 1. The Labute approximate surface area is 232 Å². The van der Waals surface area contributed by atoms with Gasteiger partial charge in [0, 0.05) is 22.5 Å². The zero-order valence-electron chi connectivity index (χ0n) is 22.1. The van der Waals surface area contributed by atoms with Crippen molar-refractivity contribution in [2.45, 2.75) is 57.0 Å². The number of para-hydroxylation sites is 1. The number of sulfonamides is 1. The Morgan fingerprint density at radius 2 is 1.90 bits per heavy atom. The van der Waals surface area contributed by atoms with Gasteiger partial charge in [0.2, 0.25) is 15.9 Å². The molecule has 0 aliphatic carbocycles. The number of ketones is 1. The first-order chi connectivity index (χ1) is 18.5. The van der Waals surface area contributed by atoms with Gasteiger partial charge in [-0.2, -0.15) is 4.31 Å². The fourth-order valence-electron chi connectivity index (χ4n) is 4.72. The fraction of sp³-hybridized carbons (Fsp3) is 0.393. The molecule has 1 aliphatic heterocycles. The van der Waals surface area contributed by atoms with Crippen LogP contribution in [0.2, 0.25) is 5.02 Å². The summed E-state index contributed by atoms with van der Waals surface area (Å²) in [5.74, 6) is -1.24. The van der Waals surface area contributed by atoms with Crippen LogP contribution in [0.5, 0.6) is 0 Å². The van der Waals surface area contributed by atoms with Crippen molar-refractivity contribution >= 4 is 50.2 Å². The summed E-state index contributed by atoms with van der Waals surface area (Å²) >= 11 is 5.97. The Kier molecular flexibility index (Phi) is 8.78. The van der Waals surface area contributed by atoms with Crippen molar-refractivity contribution in [2.75, 3.05) is 13.1 Å². The second kappa shape index (κ2) is 11.9. The topological polar surface area (TPSA) is 126 Å². The van der Waals surface area contributed by atoms with Gasteiger partial charge >= 0.3 is 0 Å². The number of nitrogens with one attached hydrogen (secondary N) is 2. The molecule has 2 amide bonds. The molecule has 0 spiro atoms. The number of nitrogens with zero attached hydrogens (tertiary/aromatic N) is 1. The van der Waals surface area contributed by atoms with E-state index in [0.29, 0.717) is 24.0 Å². The SMILES string of the molecule is Cc1c(C(=O)N[C@@H](CC(C)C)C(=O)N[C@H]2CCCN(S(=O)(=O)c3cccc(Cl)c3)CC2=O)oc2ccccc12. The minimum Gasteiger partial charge on any atom is -0.451 e. The van der Waals surface area contributed by atoms with Gasteiger partial charge < -0.3 is 15.1 Å². The second-order valence-corrected chi connectivity index (χ2v) is 12.5. The summed E-state index contributed by atoms with van der Waals surface area (Å²) in [5.41, 5.74) is 1.25. The number of carbonyl (C=O) groups excluding carboxylic acids is 3. The summed E-state index contributed by atoms with van der Waals surface area (Å²) in [6.45, 7) is 5.39. The third-order valence-electron chi connectivity index (χ3n) is 6.75. The largest absolute Gasteiger partial charge is 0.451 e. The maximum atomic E-state index is 13.3. The molecule has 4 rings (SSSR count). The molecule has 3 aromatic rings. The molecular weight excluding hydrogens is 542 g/mol. The van der Waals surface area contributed by atoms with E-state index in [2.05, 4.69) is 10.6 Å². The van der Waals surface area contributed by atoms with Gasteiger partial charge in [0.05, 0.1) is 17.5 Å². The number of hydrogen-bond donors (Lipinski definition) is 2. The predicted octanol–water partition coefficient (Wildman–Crippen LogP) is 4.08. The average Bonchev–Trinajstić information content (AvgIpc) is 3.11. The van der Waals surface area contributed by atoms with Crippen molar-refractivity contribution in [3.8, 4) is 0 Å². The minimum absolute atomic E-state index is 0.00544. The van der Waals surface area contributed by atoms with Crippen molar-refractivity contribution in [3.05, 3.63) is 64.9 Å². The van der Waals surface area contributed by atoms with E-state index in [4.69, 9.17) is 16.0 Å². The highest BCUT2D eigenvalue weighted by Gasteiger charge is 2.34. The molecule has 11 heteroatoms. The number of hydrogen-bond acceptors (Lipinski definition) is 6. The van der Waals surface area contributed by atoms with Gasteiger partial charge in [-0.15, -0.1) is 0 Å². The van der Waals surface area contributed by atoms with E-state index in [1.54, 1.807) is 19.1 Å². The Bertz CT molecular complexity index is 1500. The highest BCUT2D eigenvalue weighted by atomic mass is 35.5. The van der Waals surface area contributed by atoms with E-state index in [-0.39, 0.29) is 41.1 Å². The van der Waals surface area contributed by atoms with E-state index in [9.17, 15) is 22.8 Å². The molecule has 0 radical (unpaired) electrons. The molecule has 208 valence electrons. The van der Waals surface area contributed by atoms with E-state index in [1.165, 1.54) is 18.2 Å².